The van der Waals surface area contributed by atoms with E-state index < -0.39 is 5.41 Å². The molecule has 0 aromatic heterocycles. The summed E-state index contributed by atoms with van der Waals surface area (Å²) in [6.45, 7) is 7.14. The molecule has 0 fully saturated rings. The van der Waals surface area contributed by atoms with E-state index in [-0.39, 0.29) is 11.9 Å². The van der Waals surface area contributed by atoms with Gasteiger partial charge >= 0.3 is 0 Å². The minimum Gasteiger partial charge on any atom is -0.352 e. The molecule has 12 heavy (non-hydrogen) atoms. The molecule has 0 aliphatic rings. The monoisotopic (exact) mass is 168 g/mol. The molecular weight excluding hydrogens is 152 g/mol. The zero-order chi connectivity index (χ0) is 9.78. The number of nitrogens with zero attached hydrogens (tertiary/aromatic N) is 1. The highest BCUT2D eigenvalue weighted by Gasteiger charge is 2.27. The SMILES string of the molecule is CCC(C)NC(=O)C(C)(C)C#N. The van der Waals surface area contributed by atoms with E-state index in [4.69, 9.17) is 5.26 Å². The van der Waals surface area contributed by atoms with E-state index in [0.717, 1.165) is 6.42 Å². The minimum atomic E-state index is -0.913. The zero-order valence-corrected chi connectivity index (χ0v) is 8.14. The van der Waals surface area contributed by atoms with Gasteiger partial charge < -0.3 is 5.32 Å². The van der Waals surface area contributed by atoms with Gasteiger partial charge in [0.1, 0.15) is 5.41 Å². The average Bonchev–Trinajstić information content (AvgIpc) is 2.04. The molecule has 1 unspecified atom stereocenters. The van der Waals surface area contributed by atoms with Crippen LogP contribution in [-0.2, 0) is 4.79 Å². The molecule has 0 aliphatic carbocycles. The number of hydrogen-bond acceptors (Lipinski definition) is 2. The van der Waals surface area contributed by atoms with Crippen LogP contribution < -0.4 is 5.32 Å². The summed E-state index contributed by atoms with van der Waals surface area (Å²) in [5.41, 5.74) is -0.913. The maximum atomic E-state index is 11.3. The molecule has 0 spiro atoms. The predicted octanol–water partition coefficient (Wildman–Crippen LogP) is 1.45. The maximum Gasteiger partial charge on any atom is 0.240 e. The van der Waals surface area contributed by atoms with Crippen LogP contribution in [0.4, 0.5) is 0 Å². The lowest BCUT2D eigenvalue weighted by Gasteiger charge is -2.18. The second-order valence-electron chi connectivity index (χ2n) is 3.52. The van der Waals surface area contributed by atoms with Gasteiger partial charge in [-0.05, 0) is 27.2 Å². The van der Waals surface area contributed by atoms with E-state index in [1.165, 1.54) is 0 Å². The standard InChI is InChI=1S/C9H16N2O/c1-5-7(2)11-8(12)9(3,4)6-10/h7H,5H2,1-4H3,(H,11,12). The molecule has 1 N–H and O–H groups in total. The molecule has 1 atom stereocenters. The van der Waals surface area contributed by atoms with Crippen molar-refractivity contribution in [2.45, 2.75) is 40.2 Å². The van der Waals surface area contributed by atoms with Crippen molar-refractivity contribution in [1.82, 2.24) is 5.32 Å². The number of rotatable bonds is 3. The summed E-state index contributed by atoms with van der Waals surface area (Å²) in [7, 11) is 0. The van der Waals surface area contributed by atoms with Crippen LogP contribution in [0, 0.1) is 16.7 Å². The smallest absolute Gasteiger partial charge is 0.240 e. The van der Waals surface area contributed by atoms with Crippen molar-refractivity contribution in [1.29, 1.82) is 5.26 Å². The lowest BCUT2D eigenvalue weighted by Crippen LogP contribution is -2.40. The number of carbonyl (C=O) groups excluding carboxylic acids is 1. The molecular formula is C9H16N2O. The Labute approximate surface area is 73.8 Å². The van der Waals surface area contributed by atoms with E-state index in [2.05, 4.69) is 5.32 Å². The van der Waals surface area contributed by atoms with Crippen LogP contribution >= 0.6 is 0 Å². The summed E-state index contributed by atoms with van der Waals surface area (Å²) in [5.74, 6) is -0.195. The first-order valence-electron chi connectivity index (χ1n) is 4.16. The van der Waals surface area contributed by atoms with Gasteiger partial charge in [-0.1, -0.05) is 6.92 Å². The molecule has 0 bridgehead atoms. The third-order valence-electron chi connectivity index (χ3n) is 1.84. The van der Waals surface area contributed by atoms with Crippen molar-refractivity contribution < 1.29 is 4.79 Å². The molecule has 0 aromatic rings. The van der Waals surface area contributed by atoms with Crippen LogP contribution in [0.2, 0.25) is 0 Å². The molecule has 0 aliphatic heterocycles. The molecule has 0 radical (unpaired) electrons. The van der Waals surface area contributed by atoms with Crippen LogP contribution in [-0.4, -0.2) is 11.9 Å². The summed E-state index contributed by atoms with van der Waals surface area (Å²) in [4.78, 5) is 11.3. The van der Waals surface area contributed by atoms with E-state index in [1.807, 2.05) is 19.9 Å². The molecule has 3 heteroatoms. The number of amides is 1. The minimum absolute atomic E-state index is 0.144. The molecule has 0 saturated carbocycles. The Kier molecular flexibility index (Phi) is 3.75. The van der Waals surface area contributed by atoms with Gasteiger partial charge in [0.05, 0.1) is 6.07 Å². The van der Waals surface area contributed by atoms with Gasteiger partial charge in [0.15, 0.2) is 0 Å². The first kappa shape index (κ1) is 11.0. The Hall–Kier alpha value is -1.04. The fourth-order valence-corrected chi connectivity index (χ4v) is 0.557. The molecule has 3 nitrogen and oxygen atoms in total. The number of nitrogens with one attached hydrogen (secondary N) is 1. The lowest BCUT2D eigenvalue weighted by atomic mass is 9.94. The molecule has 1 amide bonds. The Balaban J connectivity index is 4.15. The van der Waals surface area contributed by atoms with Crippen molar-refractivity contribution >= 4 is 5.91 Å². The third-order valence-corrected chi connectivity index (χ3v) is 1.84. The highest BCUT2D eigenvalue weighted by Crippen LogP contribution is 2.13. The summed E-state index contributed by atoms with van der Waals surface area (Å²) in [6.07, 6.45) is 0.882. The fraction of sp³-hybridized carbons (Fsp3) is 0.778. The van der Waals surface area contributed by atoms with Gasteiger partial charge in [-0.2, -0.15) is 5.26 Å². The van der Waals surface area contributed by atoms with Gasteiger partial charge in [0, 0.05) is 6.04 Å². The largest absolute Gasteiger partial charge is 0.352 e. The van der Waals surface area contributed by atoms with Crippen LogP contribution in [0.5, 0.6) is 0 Å². The normalized spacial score (nSPS) is 13.2. The molecule has 0 saturated heterocycles. The van der Waals surface area contributed by atoms with Crippen molar-refractivity contribution in [3.8, 4) is 6.07 Å². The van der Waals surface area contributed by atoms with Crippen molar-refractivity contribution in [2.24, 2.45) is 5.41 Å². The summed E-state index contributed by atoms with van der Waals surface area (Å²) in [6, 6.07) is 2.10. The van der Waals surface area contributed by atoms with Gasteiger partial charge in [0.25, 0.3) is 0 Å². The van der Waals surface area contributed by atoms with Gasteiger partial charge in [-0.25, -0.2) is 0 Å². The van der Waals surface area contributed by atoms with Crippen LogP contribution in [0.15, 0.2) is 0 Å². The lowest BCUT2D eigenvalue weighted by molar-refractivity contribution is -0.127. The topological polar surface area (TPSA) is 52.9 Å². The van der Waals surface area contributed by atoms with E-state index in [0.29, 0.717) is 0 Å². The Morgan fingerprint density at radius 3 is 2.50 bits per heavy atom. The van der Waals surface area contributed by atoms with Gasteiger partial charge in [-0.3, -0.25) is 4.79 Å². The van der Waals surface area contributed by atoms with Crippen molar-refractivity contribution in [3.05, 3.63) is 0 Å². The Morgan fingerprint density at radius 1 is 1.67 bits per heavy atom. The maximum absolute atomic E-state index is 11.3. The first-order chi connectivity index (χ1) is 5.44. The van der Waals surface area contributed by atoms with E-state index in [1.54, 1.807) is 13.8 Å². The Bertz CT molecular complexity index is 203. The summed E-state index contributed by atoms with van der Waals surface area (Å²) in [5, 5.41) is 11.4. The van der Waals surface area contributed by atoms with E-state index in [9.17, 15) is 4.79 Å². The second kappa shape index (κ2) is 4.10. The van der Waals surface area contributed by atoms with Crippen molar-refractivity contribution in [2.75, 3.05) is 0 Å². The summed E-state index contributed by atoms with van der Waals surface area (Å²) < 4.78 is 0. The van der Waals surface area contributed by atoms with Crippen LogP contribution in [0.1, 0.15) is 34.1 Å². The quantitative estimate of drug-likeness (QED) is 0.693. The first-order valence-corrected chi connectivity index (χ1v) is 4.16. The molecule has 0 aromatic carbocycles. The second-order valence-corrected chi connectivity index (χ2v) is 3.52. The molecule has 0 heterocycles. The summed E-state index contributed by atoms with van der Waals surface area (Å²) >= 11 is 0. The van der Waals surface area contributed by atoms with E-state index >= 15 is 0 Å². The highest BCUT2D eigenvalue weighted by atomic mass is 16.2. The molecule has 0 rings (SSSR count). The third kappa shape index (κ3) is 2.91. The zero-order valence-electron chi connectivity index (χ0n) is 8.14. The van der Waals surface area contributed by atoms with Gasteiger partial charge in [0.2, 0.25) is 5.91 Å². The van der Waals surface area contributed by atoms with Crippen molar-refractivity contribution in [3.63, 3.8) is 0 Å². The van der Waals surface area contributed by atoms with Crippen LogP contribution in [0.3, 0.4) is 0 Å². The number of carbonyl (C=O) groups is 1. The Morgan fingerprint density at radius 2 is 2.17 bits per heavy atom. The number of hydrogen-bond donors (Lipinski definition) is 1. The van der Waals surface area contributed by atoms with Crippen LogP contribution in [0.25, 0.3) is 0 Å². The number of nitriles is 1. The molecule has 68 valence electrons. The van der Waals surface area contributed by atoms with Gasteiger partial charge in [-0.15, -0.1) is 0 Å². The fourth-order valence-electron chi connectivity index (χ4n) is 0.557. The average molecular weight is 168 g/mol. The highest BCUT2D eigenvalue weighted by molar-refractivity contribution is 5.84. The predicted molar refractivity (Wildman–Crippen MR) is 47.3 cm³/mol.